The number of carbonyl (C=O) groups is 1. The summed E-state index contributed by atoms with van der Waals surface area (Å²) in [5, 5.41) is 3.87. The zero-order chi connectivity index (χ0) is 20.1. The lowest BCUT2D eigenvalue weighted by Crippen LogP contribution is -2.45. The van der Waals surface area contributed by atoms with Crippen LogP contribution in [0.25, 0.3) is 0 Å². The molecule has 1 atom stereocenters. The highest BCUT2D eigenvalue weighted by Gasteiger charge is 2.29. The highest BCUT2D eigenvalue weighted by atomic mass is 35.5. The fourth-order valence-corrected chi connectivity index (χ4v) is 4.34. The van der Waals surface area contributed by atoms with Crippen molar-refractivity contribution in [2.24, 2.45) is 0 Å². The Kier molecular flexibility index (Phi) is 6.70. The summed E-state index contributed by atoms with van der Waals surface area (Å²) >= 11 is 6.06. The lowest BCUT2D eigenvalue weighted by atomic mass is 10.0. The van der Waals surface area contributed by atoms with Crippen molar-refractivity contribution < 1.29 is 9.53 Å². The second-order valence-electron chi connectivity index (χ2n) is 7.64. The number of halogens is 1. The molecule has 29 heavy (non-hydrogen) atoms. The normalized spacial score (nSPS) is 18.6. The van der Waals surface area contributed by atoms with Crippen molar-refractivity contribution in [3.05, 3.63) is 64.7 Å². The van der Waals surface area contributed by atoms with Gasteiger partial charge in [0.2, 0.25) is 5.91 Å². The second kappa shape index (κ2) is 9.61. The summed E-state index contributed by atoms with van der Waals surface area (Å²) in [6, 6.07) is 15.6. The van der Waals surface area contributed by atoms with Crippen molar-refractivity contribution in [1.82, 2.24) is 10.2 Å². The number of rotatable bonds is 6. The second-order valence-corrected chi connectivity index (χ2v) is 8.08. The molecule has 2 aromatic rings. The maximum Gasteiger partial charge on any atom is 0.242 e. The van der Waals surface area contributed by atoms with Gasteiger partial charge in [-0.2, -0.15) is 0 Å². The molecule has 2 heterocycles. The molecule has 0 aliphatic carbocycles. The van der Waals surface area contributed by atoms with E-state index in [9.17, 15) is 4.79 Å². The molecule has 2 fully saturated rings. The Balaban J connectivity index is 1.50. The van der Waals surface area contributed by atoms with Gasteiger partial charge >= 0.3 is 0 Å². The molecule has 2 aliphatic rings. The lowest BCUT2D eigenvalue weighted by Gasteiger charge is -2.34. The predicted molar refractivity (Wildman–Crippen MR) is 116 cm³/mol. The van der Waals surface area contributed by atoms with E-state index in [2.05, 4.69) is 33.3 Å². The first-order valence-electron chi connectivity index (χ1n) is 10.4. The van der Waals surface area contributed by atoms with E-state index < -0.39 is 0 Å². The van der Waals surface area contributed by atoms with E-state index in [0.717, 1.165) is 31.7 Å². The number of anilines is 1. The predicted octanol–water partition coefficient (Wildman–Crippen LogP) is 3.63. The van der Waals surface area contributed by atoms with Gasteiger partial charge in [-0.3, -0.25) is 9.69 Å². The van der Waals surface area contributed by atoms with Gasteiger partial charge in [-0.1, -0.05) is 41.9 Å². The molecule has 154 valence electrons. The Hall–Kier alpha value is -2.08. The Morgan fingerprint density at radius 2 is 1.69 bits per heavy atom. The van der Waals surface area contributed by atoms with Crippen molar-refractivity contribution in [3.8, 4) is 0 Å². The largest absolute Gasteiger partial charge is 0.379 e. The van der Waals surface area contributed by atoms with Crippen molar-refractivity contribution in [3.63, 3.8) is 0 Å². The summed E-state index contributed by atoms with van der Waals surface area (Å²) in [5.41, 5.74) is 3.36. The maximum absolute atomic E-state index is 13.3. The number of morpholine rings is 1. The minimum atomic E-state index is -0.338. The summed E-state index contributed by atoms with van der Waals surface area (Å²) in [5.74, 6) is 0.0189. The van der Waals surface area contributed by atoms with Gasteiger partial charge in [0.1, 0.15) is 6.04 Å². The minimum absolute atomic E-state index is 0.0189. The molecule has 0 spiro atoms. The summed E-state index contributed by atoms with van der Waals surface area (Å²) in [4.78, 5) is 17.9. The monoisotopic (exact) mass is 413 g/mol. The molecule has 0 unspecified atom stereocenters. The fourth-order valence-electron chi connectivity index (χ4n) is 4.21. The van der Waals surface area contributed by atoms with E-state index in [0.29, 0.717) is 24.8 Å². The van der Waals surface area contributed by atoms with Gasteiger partial charge in [-0.15, -0.1) is 0 Å². The van der Waals surface area contributed by atoms with Crippen LogP contribution in [0.1, 0.15) is 30.0 Å². The van der Waals surface area contributed by atoms with Crippen molar-refractivity contribution >= 4 is 23.2 Å². The number of nitrogens with zero attached hydrogens (tertiary/aromatic N) is 2. The van der Waals surface area contributed by atoms with Crippen molar-refractivity contribution in [2.45, 2.75) is 25.4 Å². The first-order chi connectivity index (χ1) is 14.2. The molecular formula is C23H28ClN3O2. The highest BCUT2D eigenvalue weighted by molar-refractivity contribution is 6.30. The van der Waals surface area contributed by atoms with E-state index in [4.69, 9.17) is 16.3 Å². The minimum Gasteiger partial charge on any atom is -0.379 e. The molecule has 4 rings (SSSR count). The number of nitrogens with one attached hydrogen (secondary N) is 1. The van der Waals surface area contributed by atoms with E-state index in [-0.39, 0.29) is 11.9 Å². The van der Waals surface area contributed by atoms with Crippen molar-refractivity contribution in [2.75, 3.05) is 44.3 Å². The van der Waals surface area contributed by atoms with Crippen LogP contribution in [0, 0.1) is 0 Å². The smallest absolute Gasteiger partial charge is 0.242 e. The molecule has 1 N–H and O–H groups in total. The van der Waals surface area contributed by atoms with Crippen LogP contribution in [-0.4, -0.2) is 50.2 Å². The van der Waals surface area contributed by atoms with Gasteiger partial charge in [0.25, 0.3) is 0 Å². The van der Waals surface area contributed by atoms with Gasteiger partial charge in [0.15, 0.2) is 0 Å². The molecule has 2 saturated heterocycles. The number of para-hydroxylation sites is 1. The van der Waals surface area contributed by atoms with Crippen LogP contribution in [0.3, 0.4) is 0 Å². The molecule has 0 bridgehead atoms. The number of hydrogen-bond donors (Lipinski definition) is 1. The summed E-state index contributed by atoms with van der Waals surface area (Å²) in [6.07, 6.45) is 2.47. The molecule has 1 amide bonds. The number of amides is 1. The number of ether oxygens (including phenoxy) is 1. The van der Waals surface area contributed by atoms with E-state index in [1.54, 1.807) is 0 Å². The molecule has 5 nitrogen and oxygen atoms in total. The van der Waals surface area contributed by atoms with Crippen molar-refractivity contribution in [1.29, 1.82) is 0 Å². The van der Waals surface area contributed by atoms with Gasteiger partial charge < -0.3 is 15.0 Å². The average Bonchev–Trinajstić information content (AvgIpc) is 3.30. The van der Waals surface area contributed by atoms with Crippen LogP contribution in [-0.2, 0) is 16.1 Å². The molecular weight excluding hydrogens is 386 g/mol. The fraction of sp³-hybridized carbons (Fsp3) is 0.435. The van der Waals surface area contributed by atoms with Crippen LogP contribution >= 0.6 is 11.6 Å². The zero-order valence-corrected chi connectivity index (χ0v) is 17.4. The lowest BCUT2D eigenvalue weighted by molar-refractivity contribution is -0.128. The SMILES string of the molecule is O=C(NCc1ccccc1N1CCCC1)[C@@H](c1ccc(Cl)cc1)N1CCOCC1. The van der Waals surface area contributed by atoms with E-state index in [1.807, 2.05) is 30.3 Å². The maximum atomic E-state index is 13.3. The third-order valence-electron chi connectivity index (χ3n) is 5.74. The Labute approximate surface area is 177 Å². The molecule has 0 saturated carbocycles. The summed E-state index contributed by atoms with van der Waals surface area (Å²) in [7, 11) is 0. The summed E-state index contributed by atoms with van der Waals surface area (Å²) < 4.78 is 5.49. The number of hydrogen-bond acceptors (Lipinski definition) is 4. The van der Waals surface area contributed by atoms with Crippen LogP contribution in [0.2, 0.25) is 5.02 Å². The van der Waals surface area contributed by atoms with Crippen LogP contribution in [0.15, 0.2) is 48.5 Å². The third kappa shape index (κ3) is 4.92. The molecule has 0 radical (unpaired) electrons. The Morgan fingerprint density at radius 3 is 2.41 bits per heavy atom. The Morgan fingerprint density at radius 1 is 1.00 bits per heavy atom. The average molecular weight is 414 g/mol. The number of benzene rings is 2. The standard InChI is InChI=1S/C23H28ClN3O2/c24-20-9-7-18(8-10-20)22(27-13-15-29-16-14-27)23(28)25-17-19-5-1-2-6-21(19)26-11-3-4-12-26/h1-2,5-10,22H,3-4,11-17H2,(H,25,28)/t22-/m1/s1. The van der Waals surface area contributed by atoms with Gasteiger partial charge in [0, 0.05) is 43.4 Å². The van der Waals surface area contributed by atoms with Gasteiger partial charge in [0.05, 0.1) is 13.2 Å². The van der Waals surface area contributed by atoms with Gasteiger partial charge in [-0.05, 0) is 42.2 Å². The molecule has 2 aromatic carbocycles. The summed E-state index contributed by atoms with van der Waals surface area (Å²) in [6.45, 7) is 5.48. The van der Waals surface area contributed by atoms with Crippen LogP contribution in [0.4, 0.5) is 5.69 Å². The molecule has 6 heteroatoms. The Bertz CT molecular complexity index is 815. The highest BCUT2D eigenvalue weighted by Crippen LogP contribution is 2.26. The quantitative estimate of drug-likeness (QED) is 0.785. The van der Waals surface area contributed by atoms with Crippen LogP contribution < -0.4 is 10.2 Å². The van der Waals surface area contributed by atoms with E-state index in [1.165, 1.54) is 24.1 Å². The first-order valence-corrected chi connectivity index (χ1v) is 10.8. The topological polar surface area (TPSA) is 44.8 Å². The molecule has 2 aliphatic heterocycles. The first kappa shape index (κ1) is 20.2. The molecule has 0 aromatic heterocycles. The third-order valence-corrected chi connectivity index (χ3v) is 5.99. The number of carbonyl (C=O) groups excluding carboxylic acids is 1. The van der Waals surface area contributed by atoms with Gasteiger partial charge in [-0.25, -0.2) is 0 Å². The zero-order valence-electron chi connectivity index (χ0n) is 16.6. The van der Waals surface area contributed by atoms with Crippen LogP contribution in [0.5, 0.6) is 0 Å². The van der Waals surface area contributed by atoms with E-state index >= 15 is 0 Å².